The van der Waals surface area contributed by atoms with Crippen LogP contribution in [0.1, 0.15) is 16.7 Å². The molecular weight excluding hydrogens is 152 g/mol. The molecule has 1 aromatic carbocycles. The molecule has 2 heteroatoms. The quantitative estimate of drug-likeness (QED) is 0.638. The molecule has 1 aromatic rings. The van der Waals surface area contributed by atoms with Crippen LogP contribution in [0.25, 0.3) is 0 Å². The smallest absolute Gasteiger partial charge is 0.293 e. The van der Waals surface area contributed by atoms with Crippen LogP contribution in [0.15, 0.2) is 18.2 Å². The minimum atomic E-state index is 0.366. The van der Waals surface area contributed by atoms with E-state index in [0.29, 0.717) is 13.1 Å². The molecule has 0 N–H and O–H groups in total. The number of aryl methyl sites for hydroxylation is 2. The van der Waals surface area contributed by atoms with Gasteiger partial charge in [-0.25, -0.2) is 0 Å². The molecule has 12 heavy (non-hydrogen) atoms. The Morgan fingerprint density at radius 1 is 1.33 bits per heavy atom. The van der Waals surface area contributed by atoms with Crippen LogP contribution in [-0.4, -0.2) is 6.47 Å². The molecule has 0 aliphatic carbocycles. The largest absolute Gasteiger partial charge is 0.463 e. The first-order valence-corrected chi connectivity index (χ1v) is 3.85. The van der Waals surface area contributed by atoms with Gasteiger partial charge in [0.25, 0.3) is 6.47 Å². The summed E-state index contributed by atoms with van der Waals surface area (Å²) in [5, 5.41) is 0. The maximum absolute atomic E-state index is 9.91. The normalized spacial score (nSPS) is 9.50. The van der Waals surface area contributed by atoms with E-state index >= 15 is 0 Å². The second-order valence-electron chi connectivity index (χ2n) is 2.83. The number of benzene rings is 1. The Labute approximate surface area is 72.2 Å². The van der Waals surface area contributed by atoms with Gasteiger partial charge >= 0.3 is 0 Å². The van der Waals surface area contributed by atoms with Crippen molar-refractivity contribution < 1.29 is 9.53 Å². The van der Waals surface area contributed by atoms with Crippen molar-refractivity contribution >= 4 is 6.47 Å². The van der Waals surface area contributed by atoms with Crippen LogP contribution >= 0.6 is 0 Å². The molecule has 0 saturated heterocycles. The molecular formula is C10H12O2. The molecule has 0 aliphatic heterocycles. The minimum absolute atomic E-state index is 0.366. The fraction of sp³-hybridized carbons (Fsp3) is 0.300. The summed E-state index contributed by atoms with van der Waals surface area (Å²) in [4.78, 5) is 9.91. The van der Waals surface area contributed by atoms with Crippen molar-refractivity contribution in [2.75, 3.05) is 0 Å². The average Bonchev–Trinajstić information content (AvgIpc) is 2.07. The van der Waals surface area contributed by atoms with Gasteiger partial charge in [0.05, 0.1) is 0 Å². The first kappa shape index (κ1) is 8.78. The molecule has 0 amide bonds. The van der Waals surface area contributed by atoms with Crippen molar-refractivity contribution in [3.05, 3.63) is 34.9 Å². The summed E-state index contributed by atoms with van der Waals surface area (Å²) in [6.07, 6.45) is 0. The Morgan fingerprint density at radius 2 is 2.08 bits per heavy atom. The third-order valence-corrected chi connectivity index (χ3v) is 1.89. The summed E-state index contributed by atoms with van der Waals surface area (Å²) in [7, 11) is 0. The van der Waals surface area contributed by atoms with E-state index in [1.165, 1.54) is 11.1 Å². The van der Waals surface area contributed by atoms with Crippen LogP contribution < -0.4 is 0 Å². The van der Waals surface area contributed by atoms with Gasteiger partial charge in [-0.3, -0.25) is 4.79 Å². The molecule has 0 aliphatic rings. The number of rotatable bonds is 3. The Bertz CT molecular complexity index is 279. The zero-order valence-electron chi connectivity index (χ0n) is 7.33. The van der Waals surface area contributed by atoms with Gasteiger partial charge in [-0.1, -0.05) is 18.2 Å². The fourth-order valence-corrected chi connectivity index (χ4v) is 1.02. The van der Waals surface area contributed by atoms with Crippen molar-refractivity contribution in [1.82, 2.24) is 0 Å². The Hall–Kier alpha value is -1.31. The molecule has 1 rings (SSSR count). The second kappa shape index (κ2) is 3.90. The predicted octanol–water partition coefficient (Wildman–Crippen LogP) is 1.98. The van der Waals surface area contributed by atoms with Crippen molar-refractivity contribution in [3.8, 4) is 0 Å². The van der Waals surface area contributed by atoms with Crippen LogP contribution in [0.3, 0.4) is 0 Å². The van der Waals surface area contributed by atoms with Crippen molar-refractivity contribution in [2.24, 2.45) is 0 Å². The molecule has 0 atom stereocenters. The van der Waals surface area contributed by atoms with Crippen molar-refractivity contribution in [3.63, 3.8) is 0 Å². The lowest BCUT2D eigenvalue weighted by atomic mass is 10.1. The van der Waals surface area contributed by atoms with Gasteiger partial charge in [-0.2, -0.15) is 0 Å². The lowest BCUT2D eigenvalue weighted by molar-refractivity contribution is -0.129. The standard InChI is InChI=1S/C10H12O2/c1-8-3-4-10(5-9(8)2)6-12-7-11/h3-5,7H,6H2,1-2H3. The average molecular weight is 164 g/mol. The highest BCUT2D eigenvalue weighted by molar-refractivity contribution is 5.38. The molecule has 0 heterocycles. The van der Waals surface area contributed by atoms with Crippen molar-refractivity contribution in [2.45, 2.75) is 20.5 Å². The SMILES string of the molecule is Cc1ccc(COC=O)cc1C. The maximum Gasteiger partial charge on any atom is 0.293 e. The second-order valence-corrected chi connectivity index (χ2v) is 2.83. The Kier molecular flexibility index (Phi) is 2.86. The highest BCUT2D eigenvalue weighted by atomic mass is 16.5. The third kappa shape index (κ3) is 2.09. The number of ether oxygens (including phenoxy) is 1. The molecule has 0 saturated carbocycles. The number of hydrogen-bond acceptors (Lipinski definition) is 2. The van der Waals surface area contributed by atoms with E-state index in [2.05, 4.69) is 11.7 Å². The zero-order valence-corrected chi connectivity index (χ0v) is 7.33. The molecule has 64 valence electrons. The predicted molar refractivity (Wildman–Crippen MR) is 46.8 cm³/mol. The first-order chi connectivity index (χ1) is 5.74. The number of carbonyl (C=O) groups is 1. The van der Waals surface area contributed by atoms with E-state index in [4.69, 9.17) is 0 Å². The van der Waals surface area contributed by atoms with E-state index in [9.17, 15) is 4.79 Å². The van der Waals surface area contributed by atoms with Gasteiger partial charge in [0.2, 0.25) is 0 Å². The molecule has 2 nitrogen and oxygen atoms in total. The molecule has 0 radical (unpaired) electrons. The van der Waals surface area contributed by atoms with Gasteiger partial charge in [-0.05, 0) is 30.5 Å². The summed E-state index contributed by atoms with van der Waals surface area (Å²) in [5.41, 5.74) is 3.51. The maximum atomic E-state index is 9.91. The Balaban J connectivity index is 2.75. The number of hydrogen-bond donors (Lipinski definition) is 0. The Morgan fingerprint density at radius 3 is 2.67 bits per heavy atom. The summed E-state index contributed by atoms with van der Waals surface area (Å²) >= 11 is 0. The third-order valence-electron chi connectivity index (χ3n) is 1.89. The molecule has 0 bridgehead atoms. The molecule has 0 fully saturated rings. The van der Waals surface area contributed by atoms with E-state index in [0.717, 1.165) is 5.56 Å². The van der Waals surface area contributed by atoms with Gasteiger partial charge < -0.3 is 4.74 Å². The summed E-state index contributed by atoms with van der Waals surface area (Å²) < 4.78 is 4.63. The highest BCUT2D eigenvalue weighted by Gasteiger charge is 1.95. The van der Waals surface area contributed by atoms with Gasteiger partial charge in [-0.15, -0.1) is 0 Å². The van der Waals surface area contributed by atoms with E-state index in [-0.39, 0.29) is 0 Å². The summed E-state index contributed by atoms with van der Waals surface area (Å²) in [6, 6.07) is 6.02. The molecule has 0 unspecified atom stereocenters. The lowest BCUT2D eigenvalue weighted by Gasteiger charge is -2.03. The zero-order chi connectivity index (χ0) is 8.97. The van der Waals surface area contributed by atoms with Gasteiger partial charge in [0.1, 0.15) is 6.61 Å². The van der Waals surface area contributed by atoms with E-state index in [1.807, 2.05) is 25.1 Å². The monoisotopic (exact) mass is 164 g/mol. The molecule has 0 spiro atoms. The van der Waals surface area contributed by atoms with E-state index < -0.39 is 0 Å². The van der Waals surface area contributed by atoms with Crippen LogP contribution in [0.5, 0.6) is 0 Å². The van der Waals surface area contributed by atoms with Crippen molar-refractivity contribution in [1.29, 1.82) is 0 Å². The summed E-state index contributed by atoms with van der Waals surface area (Å²) in [6.45, 7) is 4.93. The van der Waals surface area contributed by atoms with E-state index in [1.54, 1.807) is 0 Å². The van der Waals surface area contributed by atoms with Gasteiger partial charge in [0, 0.05) is 0 Å². The van der Waals surface area contributed by atoms with Gasteiger partial charge in [0.15, 0.2) is 0 Å². The number of carbonyl (C=O) groups excluding carboxylic acids is 1. The van der Waals surface area contributed by atoms with Crippen LogP contribution in [0, 0.1) is 13.8 Å². The lowest BCUT2D eigenvalue weighted by Crippen LogP contribution is -1.91. The fourth-order valence-electron chi connectivity index (χ4n) is 1.02. The van der Waals surface area contributed by atoms with Crippen LogP contribution in [0.4, 0.5) is 0 Å². The molecule has 0 aromatic heterocycles. The first-order valence-electron chi connectivity index (χ1n) is 3.85. The minimum Gasteiger partial charge on any atom is -0.463 e. The van der Waals surface area contributed by atoms with Crippen LogP contribution in [-0.2, 0) is 16.1 Å². The highest BCUT2D eigenvalue weighted by Crippen LogP contribution is 2.10. The summed E-state index contributed by atoms with van der Waals surface area (Å²) in [5.74, 6) is 0. The van der Waals surface area contributed by atoms with Crippen LogP contribution in [0.2, 0.25) is 0 Å². The topological polar surface area (TPSA) is 26.3 Å².